The van der Waals surface area contributed by atoms with E-state index in [0.717, 1.165) is 22.6 Å². The lowest BCUT2D eigenvalue weighted by molar-refractivity contribution is 0.146. The van der Waals surface area contributed by atoms with Gasteiger partial charge in [-0.3, -0.25) is 4.98 Å². The monoisotopic (exact) mass is 362 g/mol. The Bertz CT molecular complexity index is 748. The molecule has 1 unspecified atom stereocenters. The summed E-state index contributed by atoms with van der Waals surface area (Å²) >= 11 is 0. The van der Waals surface area contributed by atoms with Crippen LogP contribution in [0.3, 0.4) is 0 Å². The minimum absolute atomic E-state index is 0.00529. The van der Waals surface area contributed by atoms with E-state index >= 15 is 0 Å². The molecule has 0 amide bonds. The summed E-state index contributed by atoms with van der Waals surface area (Å²) in [5.41, 5.74) is 1.69. The van der Waals surface area contributed by atoms with E-state index in [1.54, 1.807) is 6.07 Å². The first-order valence-electron chi connectivity index (χ1n) is 8.74. The second-order valence-electron chi connectivity index (χ2n) is 7.16. The zero-order valence-corrected chi connectivity index (χ0v) is 15.3. The van der Waals surface area contributed by atoms with Crippen LogP contribution in [0.25, 0.3) is 0 Å². The van der Waals surface area contributed by atoms with Gasteiger partial charge in [0.15, 0.2) is 11.5 Å². The molecule has 0 bridgehead atoms. The van der Waals surface area contributed by atoms with Gasteiger partial charge in [0.05, 0.1) is 0 Å². The van der Waals surface area contributed by atoms with Gasteiger partial charge in [0, 0.05) is 24.2 Å². The third-order valence-corrected chi connectivity index (χ3v) is 4.71. The quantitative estimate of drug-likeness (QED) is 0.826. The predicted molar refractivity (Wildman–Crippen MR) is 96.1 cm³/mol. The van der Waals surface area contributed by atoms with Gasteiger partial charge in [-0.05, 0) is 36.2 Å². The van der Waals surface area contributed by atoms with Gasteiger partial charge in [-0.15, -0.1) is 0 Å². The highest BCUT2D eigenvalue weighted by Crippen LogP contribution is 2.35. The van der Waals surface area contributed by atoms with Crippen LogP contribution in [0.1, 0.15) is 50.1 Å². The van der Waals surface area contributed by atoms with Crippen molar-refractivity contribution in [2.75, 3.05) is 19.8 Å². The molecule has 6 heteroatoms. The van der Waals surface area contributed by atoms with Crippen molar-refractivity contribution in [2.45, 2.75) is 38.7 Å². The molecule has 0 saturated heterocycles. The molecular formula is C20H24F2N2O2. The number of nitrogens with zero attached hydrogens (tertiary/aromatic N) is 1. The summed E-state index contributed by atoms with van der Waals surface area (Å²) in [5.74, 6) is 1.56. The largest absolute Gasteiger partial charge is 0.486 e. The fourth-order valence-electron chi connectivity index (χ4n) is 2.89. The second-order valence-corrected chi connectivity index (χ2v) is 7.16. The molecule has 2 heterocycles. The molecule has 1 atom stereocenters. The molecule has 2 aromatic rings. The number of hydrogen-bond donors (Lipinski definition) is 1. The van der Waals surface area contributed by atoms with Crippen LogP contribution in [-0.2, 0) is 5.41 Å². The maximum Gasteiger partial charge on any atom is 0.280 e. The van der Waals surface area contributed by atoms with E-state index in [9.17, 15) is 8.78 Å². The van der Waals surface area contributed by atoms with Gasteiger partial charge in [-0.2, -0.15) is 0 Å². The molecule has 1 aromatic carbocycles. The molecule has 1 aliphatic heterocycles. The van der Waals surface area contributed by atoms with E-state index in [4.69, 9.17) is 9.47 Å². The Morgan fingerprint density at radius 2 is 1.85 bits per heavy atom. The number of rotatable bonds is 6. The molecule has 0 saturated carbocycles. The summed E-state index contributed by atoms with van der Waals surface area (Å²) in [6.45, 7) is 8.15. The molecule has 4 nitrogen and oxygen atoms in total. The highest BCUT2D eigenvalue weighted by atomic mass is 19.3. The zero-order valence-electron chi connectivity index (χ0n) is 15.3. The molecule has 26 heavy (non-hydrogen) atoms. The number of pyridine rings is 1. The zero-order chi connectivity index (χ0) is 18.7. The molecule has 0 radical (unpaired) electrons. The van der Waals surface area contributed by atoms with Crippen LogP contribution < -0.4 is 14.8 Å². The van der Waals surface area contributed by atoms with Crippen LogP contribution in [0, 0.1) is 0 Å². The van der Waals surface area contributed by atoms with Gasteiger partial charge >= 0.3 is 0 Å². The van der Waals surface area contributed by atoms with Crippen LogP contribution in [0.2, 0.25) is 0 Å². The maximum atomic E-state index is 12.6. The van der Waals surface area contributed by atoms with Gasteiger partial charge in [-0.25, -0.2) is 8.78 Å². The summed E-state index contributed by atoms with van der Waals surface area (Å²) in [6.07, 6.45) is -1.03. The SMILES string of the molecule is CC(NCC(C)(C)c1ccc2c(c1)OCCO2)c1ccc(C(F)F)nc1. The van der Waals surface area contributed by atoms with Crippen molar-refractivity contribution in [3.63, 3.8) is 0 Å². The Balaban J connectivity index is 1.65. The number of benzene rings is 1. The molecule has 1 aromatic heterocycles. The van der Waals surface area contributed by atoms with E-state index in [-0.39, 0.29) is 17.2 Å². The molecule has 1 aliphatic rings. The first-order valence-corrected chi connectivity index (χ1v) is 8.74. The predicted octanol–water partition coefficient (Wildman–Crippen LogP) is 4.42. The van der Waals surface area contributed by atoms with Crippen molar-refractivity contribution in [2.24, 2.45) is 0 Å². The van der Waals surface area contributed by atoms with Crippen molar-refractivity contribution in [3.8, 4) is 11.5 Å². The molecule has 3 rings (SSSR count). The normalized spacial score (nSPS) is 15.2. The van der Waals surface area contributed by atoms with E-state index in [2.05, 4.69) is 30.2 Å². The minimum atomic E-state index is -2.54. The first kappa shape index (κ1) is 18.6. The maximum absolute atomic E-state index is 12.6. The fraction of sp³-hybridized carbons (Fsp3) is 0.450. The number of alkyl halides is 2. The van der Waals surface area contributed by atoms with E-state index in [0.29, 0.717) is 19.8 Å². The molecule has 1 N–H and O–H groups in total. The van der Waals surface area contributed by atoms with Gasteiger partial charge < -0.3 is 14.8 Å². The highest BCUT2D eigenvalue weighted by Gasteiger charge is 2.24. The summed E-state index contributed by atoms with van der Waals surface area (Å²) in [7, 11) is 0. The number of nitrogens with one attached hydrogen (secondary N) is 1. The lowest BCUT2D eigenvalue weighted by Crippen LogP contribution is -2.34. The van der Waals surface area contributed by atoms with Crippen LogP contribution in [0.5, 0.6) is 11.5 Å². The van der Waals surface area contributed by atoms with Gasteiger partial charge in [0.25, 0.3) is 6.43 Å². The highest BCUT2D eigenvalue weighted by molar-refractivity contribution is 5.45. The smallest absolute Gasteiger partial charge is 0.280 e. The third-order valence-electron chi connectivity index (χ3n) is 4.71. The van der Waals surface area contributed by atoms with Crippen LogP contribution in [0.15, 0.2) is 36.5 Å². The topological polar surface area (TPSA) is 43.4 Å². The molecule has 0 fully saturated rings. The van der Waals surface area contributed by atoms with E-state index < -0.39 is 6.43 Å². The standard InChI is InChI=1S/C20H24F2N2O2/c1-13(14-4-6-16(19(21)22)23-11-14)24-12-20(2,3)15-5-7-17-18(10-15)26-9-8-25-17/h4-7,10-11,13,19,24H,8-9,12H2,1-3H3. The number of aromatic nitrogens is 1. The van der Waals surface area contributed by atoms with Gasteiger partial charge in [0.1, 0.15) is 18.9 Å². The van der Waals surface area contributed by atoms with Crippen molar-refractivity contribution in [3.05, 3.63) is 53.3 Å². The third kappa shape index (κ3) is 4.12. The summed E-state index contributed by atoms with van der Waals surface area (Å²) < 4.78 is 36.5. The Hall–Kier alpha value is -2.21. The van der Waals surface area contributed by atoms with Crippen LogP contribution in [-0.4, -0.2) is 24.7 Å². The lowest BCUT2D eigenvalue weighted by Gasteiger charge is -2.29. The van der Waals surface area contributed by atoms with Crippen molar-refractivity contribution in [1.29, 1.82) is 0 Å². The summed E-state index contributed by atoms with van der Waals surface area (Å²) in [5, 5.41) is 3.47. The lowest BCUT2D eigenvalue weighted by atomic mass is 9.84. The number of fused-ring (bicyclic) bond motifs is 1. The number of ether oxygens (including phenoxy) is 2. The number of hydrogen-bond acceptors (Lipinski definition) is 4. The Kier molecular flexibility index (Phi) is 5.41. The van der Waals surface area contributed by atoms with Crippen LogP contribution >= 0.6 is 0 Å². The summed E-state index contributed by atoms with van der Waals surface area (Å²) in [6, 6.07) is 9.11. The minimum Gasteiger partial charge on any atom is -0.486 e. The first-order chi connectivity index (χ1) is 12.4. The number of halogens is 2. The van der Waals surface area contributed by atoms with Crippen LogP contribution in [0.4, 0.5) is 8.78 Å². The van der Waals surface area contributed by atoms with Crippen molar-refractivity contribution in [1.82, 2.24) is 10.3 Å². The van der Waals surface area contributed by atoms with Crippen molar-refractivity contribution < 1.29 is 18.3 Å². The molecule has 0 spiro atoms. The molecule has 0 aliphatic carbocycles. The molecule has 140 valence electrons. The van der Waals surface area contributed by atoms with Gasteiger partial charge in [0.2, 0.25) is 0 Å². The van der Waals surface area contributed by atoms with E-state index in [1.807, 2.05) is 19.1 Å². The molecular weight excluding hydrogens is 338 g/mol. The van der Waals surface area contributed by atoms with E-state index in [1.165, 1.54) is 12.3 Å². The summed E-state index contributed by atoms with van der Waals surface area (Å²) in [4.78, 5) is 3.83. The van der Waals surface area contributed by atoms with Gasteiger partial charge in [-0.1, -0.05) is 26.0 Å². The second kappa shape index (κ2) is 7.58. The van der Waals surface area contributed by atoms with Crippen molar-refractivity contribution >= 4 is 0 Å². The Morgan fingerprint density at radius 3 is 2.50 bits per heavy atom. The average Bonchev–Trinajstić information content (AvgIpc) is 2.65. The average molecular weight is 362 g/mol. The Morgan fingerprint density at radius 1 is 1.12 bits per heavy atom. The fourth-order valence-corrected chi connectivity index (χ4v) is 2.89. The Labute approximate surface area is 152 Å².